The van der Waals surface area contributed by atoms with E-state index in [1.807, 2.05) is 0 Å². The van der Waals surface area contributed by atoms with Crippen LogP contribution >= 0.6 is 0 Å². The van der Waals surface area contributed by atoms with Gasteiger partial charge in [0.1, 0.15) is 0 Å². The third-order valence-electron chi connectivity index (χ3n) is 2.30. The van der Waals surface area contributed by atoms with Crippen molar-refractivity contribution in [2.45, 2.75) is 13.0 Å². The zero-order chi connectivity index (χ0) is 14.6. The summed E-state index contributed by atoms with van der Waals surface area (Å²) in [5, 5.41) is 10.8. The SMILES string of the molecule is COc1ccc(C(=O)O[C@@H](C)C(N)=O)cc1[N+](=O)[O-]. The quantitative estimate of drug-likeness (QED) is 0.475. The predicted molar refractivity (Wildman–Crippen MR) is 63.7 cm³/mol. The van der Waals surface area contributed by atoms with Gasteiger partial charge in [0, 0.05) is 6.07 Å². The van der Waals surface area contributed by atoms with Gasteiger partial charge >= 0.3 is 11.7 Å². The highest BCUT2D eigenvalue weighted by Crippen LogP contribution is 2.27. The zero-order valence-corrected chi connectivity index (χ0v) is 10.3. The fourth-order valence-corrected chi connectivity index (χ4v) is 1.25. The number of carbonyl (C=O) groups is 2. The number of methoxy groups -OCH3 is 1. The molecule has 0 bridgehead atoms. The summed E-state index contributed by atoms with van der Waals surface area (Å²) in [4.78, 5) is 32.5. The second-order valence-corrected chi connectivity index (χ2v) is 3.59. The van der Waals surface area contributed by atoms with E-state index in [1.54, 1.807) is 0 Å². The number of amides is 1. The van der Waals surface area contributed by atoms with E-state index in [0.29, 0.717) is 0 Å². The minimum atomic E-state index is -1.12. The smallest absolute Gasteiger partial charge is 0.339 e. The monoisotopic (exact) mass is 268 g/mol. The molecule has 8 nitrogen and oxygen atoms in total. The fraction of sp³-hybridized carbons (Fsp3) is 0.273. The molecule has 1 aromatic carbocycles. The number of nitro groups is 1. The Kier molecular flexibility index (Phi) is 4.41. The third-order valence-corrected chi connectivity index (χ3v) is 2.30. The molecule has 0 fully saturated rings. The lowest BCUT2D eigenvalue weighted by atomic mass is 10.2. The molecule has 1 amide bonds. The van der Waals surface area contributed by atoms with Crippen LogP contribution in [0.25, 0.3) is 0 Å². The average Bonchev–Trinajstić information content (AvgIpc) is 2.37. The molecule has 0 saturated carbocycles. The van der Waals surface area contributed by atoms with Crippen molar-refractivity contribution in [3.05, 3.63) is 33.9 Å². The van der Waals surface area contributed by atoms with E-state index < -0.39 is 22.9 Å². The molecular formula is C11H12N2O6. The van der Waals surface area contributed by atoms with Crippen LogP contribution in [0.2, 0.25) is 0 Å². The summed E-state index contributed by atoms with van der Waals surface area (Å²) in [6.07, 6.45) is -1.12. The number of esters is 1. The van der Waals surface area contributed by atoms with Crippen LogP contribution in [-0.4, -0.2) is 30.0 Å². The molecule has 0 radical (unpaired) electrons. The molecule has 19 heavy (non-hydrogen) atoms. The number of benzene rings is 1. The van der Waals surface area contributed by atoms with Crippen LogP contribution < -0.4 is 10.5 Å². The number of nitro benzene ring substituents is 1. The first-order valence-electron chi connectivity index (χ1n) is 5.19. The summed E-state index contributed by atoms with van der Waals surface area (Å²) in [6.45, 7) is 1.30. The van der Waals surface area contributed by atoms with Gasteiger partial charge in [0.2, 0.25) is 0 Å². The van der Waals surface area contributed by atoms with Crippen LogP contribution in [0.1, 0.15) is 17.3 Å². The van der Waals surface area contributed by atoms with Crippen molar-refractivity contribution in [1.29, 1.82) is 0 Å². The highest BCUT2D eigenvalue weighted by atomic mass is 16.6. The number of ether oxygens (including phenoxy) is 2. The number of hydrogen-bond acceptors (Lipinski definition) is 6. The van der Waals surface area contributed by atoms with Crippen LogP contribution in [0.15, 0.2) is 18.2 Å². The minimum Gasteiger partial charge on any atom is -0.490 e. The highest BCUT2D eigenvalue weighted by molar-refractivity contribution is 5.92. The third kappa shape index (κ3) is 3.41. The van der Waals surface area contributed by atoms with E-state index in [2.05, 4.69) is 0 Å². The molecule has 0 aliphatic carbocycles. The molecule has 0 aliphatic heterocycles. The molecule has 0 spiro atoms. The predicted octanol–water partition coefficient (Wildman–Crippen LogP) is 0.634. The largest absolute Gasteiger partial charge is 0.490 e. The Bertz CT molecular complexity index is 528. The molecule has 0 heterocycles. The lowest BCUT2D eigenvalue weighted by molar-refractivity contribution is -0.385. The Hall–Kier alpha value is -2.64. The molecule has 1 rings (SSSR count). The van der Waals surface area contributed by atoms with Gasteiger partial charge in [0.15, 0.2) is 11.9 Å². The van der Waals surface area contributed by atoms with Crippen molar-refractivity contribution in [2.24, 2.45) is 5.73 Å². The topological polar surface area (TPSA) is 122 Å². The van der Waals surface area contributed by atoms with Gasteiger partial charge in [-0.3, -0.25) is 14.9 Å². The van der Waals surface area contributed by atoms with Crippen molar-refractivity contribution in [3.8, 4) is 5.75 Å². The van der Waals surface area contributed by atoms with Gasteiger partial charge in [-0.1, -0.05) is 0 Å². The molecule has 0 unspecified atom stereocenters. The van der Waals surface area contributed by atoms with Gasteiger partial charge < -0.3 is 15.2 Å². The van der Waals surface area contributed by atoms with Crippen LogP contribution in [0.4, 0.5) is 5.69 Å². The van der Waals surface area contributed by atoms with Gasteiger partial charge in [-0.05, 0) is 19.1 Å². The number of primary amides is 1. The highest BCUT2D eigenvalue weighted by Gasteiger charge is 2.21. The minimum absolute atomic E-state index is 0.0181. The van der Waals surface area contributed by atoms with E-state index in [4.69, 9.17) is 15.2 Å². The Morgan fingerprint density at radius 2 is 2.05 bits per heavy atom. The number of hydrogen-bond donors (Lipinski definition) is 1. The van der Waals surface area contributed by atoms with Crippen LogP contribution in [0.5, 0.6) is 5.75 Å². The molecule has 1 atom stereocenters. The van der Waals surface area contributed by atoms with Crippen molar-refractivity contribution in [1.82, 2.24) is 0 Å². The molecule has 0 aromatic heterocycles. The molecule has 102 valence electrons. The lowest BCUT2D eigenvalue weighted by Crippen LogP contribution is -2.30. The summed E-state index contributed by atoms with van der Waals surface area (Å²) in [5.41, 5.74) is 4.50. The van der Waals surface area contributed by atoms with Gasteiger partial charge in [-0.2, -0.15) is 0 Å². The maximum Gasteiger partial charge on any atom is 0.339 e. The van der Waals surface area contributed by atoms with E-state index in [0.717, 1.165) is 6.07 Å². The summed E-state index contributed by atoms with van der Waals surface area (Å²) >= 11 is 0. The van der Waals surface area contributed by atoms with E-state index in [1.165, 1.54) is 26.2 Å². The van der Waals surface area contributed by atoms with Crippen molar-refractivity contribution < 1.29 is 24.0 Å². The second-order valence-electron chi connectivity index (χ2n) is 3.59. The number of rotatable bonds is 5. The summed E-state index contributed by atoms with van der Waals surface area (Å²) in [5.74, 6) is -1.67. The van der Waals surface area contributed by atoms with Crippen LogP contribution in [-0.2, 0) is 9.53 Å². The molecule has 0 saturated heterocycles. The number of nitrogens with zero attached hydrogens (tertiary/aromatic N) is 1. The zero-order valence-electron chi connectivity index (χ0n) is 10.3. The average molecular weight is 268 g/mol. The first-order valence-corrected chi connectivity index (χ1v) is 5.19. The Morgan fingerprint density at radius 3 is 2.53 bits per heavy atom. The summed E-state index contributed by atoms with van der Waals surface area (Å²) in [7, 11) is 1.27. The Labute approximate surface area is 108 Å². The maximum absolute atomic E-state index is 11.6. The van der Waals surface area contributed by atoms with Crippen molar-refractivity contribution in [3.63, 3.8) is 0 Å². The molecule has 1 aromatic rings. The molecule has 2 N–H and O–H groups in total. The number of nitrogens with two attached hydrogens (primary N) is 1. The molecule has 0 aliphatic rings. The molecular weight excluding hydrogens is 256 g/mol. The van der Waals surface area contributed by atoms with Gasteiger partial charge in [0.25, 0.3) is 5.91 Å². The second kappa shape index (κ2) is 5.80. The maximum atomic E-state index is 11.6. The molecule has 8 heteroatoms. The van der Waals surface area contributed by atoms with Crippen molar-refractivity contribution in [2.75, 3.05) is 7.11 Å². The Balaban J connectivity index is 3.02. The van der Waals surface area contributed by atoms with E-state index in [-0.39, 0.29) is 17.0 Å². The summed E-state index contributed by atoms with van der Waals surface area (Å²) < 4.78 is 9.52. The lowest BCUT2D eigenvalue weighted by Gasteiger charge is -2.09. The first kappa shape index (κ1) is 14.4. The van der Waals surface area contributed by atoms with Gasteiger partial charge in [-0.15, -0.1) is 0 Å². The van der Waals surface area contributed by atoms with E-state index >= 15 is 0 Å². The van der Waals surface area contributed by atoms with Crippen LogP contribution in [0, 0.1) is 10.1 Å². The van der Waals surface area contributed by atoms with Crippen molar-refractivity contribution >= 4 is 17.6 Å². The Morgan fingerprint density at radius 1 is 1.42 bits per heavy atom. The first-order chi connectivity index (χ1) is 8.86. The number of carbonyl (C=O) groups excluding carboxylic acids is 2. The van der Waals surface area contributed by atoms with Crippen LogP contribution in [0.3, 0.4) is 0 Å². The summed E-state index contributed by atoms with van der Waals surface area (Å²) in [6, 6.07) is 3.57. The fourth-order valence-electron chi connectivity index (χ4n) is 1.25. The van der Waals surface area contributed by atoms with E-state index in [9.17, 15) is 19.7 Å². The van der Waals surface area contributed by atoms with Gasteiger partial charge in [0.05, 0.1) is 17.6 Å². The normalized spacial score (nSPS) is 11.5. The standard InChI is InChI=1S/C11H12N2O6/c1-6(10(12)14)19-11(15)7-3-4-9(18-2)8(5-7)13(16)17/h3-6H,1-2H3,(H2,12,14)/t6-/m0/s1. The van der Waals surface area contributed by atoms with Gasteiger partial charge in [-0.25, -0.2) is 4.79 Å².